The Morgan fingerprint density at radius 2 is 1.75 bits per heavy atom. The molecule has 1 aromatic heterocycles. The van der Waals surface area contributed by atoms with Crippen molar-refractivity contribution in [3.63, 3.8) is 0 Å². The zero-order valence-electron chi connectivity index (χ0n) is 19.2. The normalized spacial score (nSPS) is 21.7. The molecule has 3 heterocycles. The van der Waals surface area contributed by atoms with E-state index in [1.165, 1.54) is 17.7 Å². The maximum atomic E-state index is 13.4. The Morgan fingerprint density at radius 3 is 2.44 bits per heavy atom. The van der Waals surface area contributed by atoms with Crippen molar-refractivity contribution in [3.05, 3.63) is 82.3 Å². The first kappa shape index (κ1) is 20.8. The molecule has 2 bridgehead atoms. The molecule has 2 aliphatic heterocycles. The first-order chi connectivity index (χ1) is 15.5. The topological polar surface area (TPSA) is 38.9 Å². The summed E-state index contributed by atoms with van der Waals surface area (Å²) in [6, 6.07) is 20.9. The van der Waals surface area contributed by atoms with Crippen molar-refractivity contribution in [1.29, 1.82) is 0 Å². The van der Waals surface area contributed by atoms with Crippen molar-refractivity contribution < 1.29 is 9.64 Å². The van der Waals surface area contributed by atoms with E-state index in [1.54, 1.807) is 12.0 Å². The van der Waals surface area contributed by atoms with Crippen LogP contribution in [0.25, 0.3) is 11.1 Å². The molecule has 0 aliphatic carbocycles. The van der Waals surface area contributed by atoms with Crippen LogP contribution in [-0.4, -0.2) is 38.9 Å². The number of anilines is 1. The summed E-state index contributed by atoms with van der Waals surface area (Å²) < 4.78 is 7.35. The number of piperidine rings is 1. The summed E-state index contributed by atoms with van der Waals surface area (Å²) in [5.41, 5.74) is 5.66. The lowest BCUT2D eigenvalue weighted by Gasteiger charge is -2.40. The summed E-state index contributed by atoms with van der Waals surface area (Å²) in [6.07, 6.45) is 1.20. The van der Waals surface area contributed by atoms with Crippen LogP contribution < -0.4 is 20.1 Å². The lowest BCUT2D eigenvalue weighted by Crippen LogP contribution is -3.13. The van der Waals surface area contributed by atoms with Gasteiger partial charge in [-0.3, -0.25) is 4.79 Å². The van der Waals surface area contributed by atoms with Crippen molar-refractivity contribution in [2.45, 2.75) is 25.4 Å². The van der Waals surface area contributed by atoms with Crippen LogP contribution in [-0.2, 0) is 13.1 Å². The van der Waals surface area contributed by atoms with E-state index in [2.05, 4.69) is 51.9 Å². The smallest absolute Gasteiger partial charge is 0.258 e. The van der Waals surface area contributed by atoms with E-state index in [-0.39, 0.29) is 5.56 Å². The van der Waals surface area contributed by atoms with Crippen LogP contribution in [0.4, 0.5) is 5.69 Å². The summed E-state index contributed by atoms with van der Waals surface area (Å²) in [4.78, 5) is 17.1. The zero-order chi connectivity index (χ0) is 22.2. The van der Waals surface area contributed by atoms with Gasteiger partial charge in [0.2, 0.25) is 0 Å². The van der Waals surface area contributed by atoms with E-state index in [1.807, 2.05) is 32.3 Å². The monoisotopic (exact) mass is 430 g/mol. The number of rotatable bonds is 5. The van der Waals surface area contributed by atoms with E-state index in [9.17, 15) is 4.79 Å². The molecule has 0 saturated carbocycles. The molecule has 2 aromatic carbocycles. The van der Waals surface area contributed by atoms with Crippen molar-refractivity contribution in [2.75, 3.05) is 39.2 Å². The Morgan fingerprint density at radius 1 is 1.00 bits per heavy atom. The molecule has 2 aliphatic rings. The number of nitrogens with zero attached hydrogens (tertiary/aromatic N) is 2. The quantitative estimate of drug-likeness (QED) is 0.677. The molecule has 166 valence electrons. The summed E-state index contributed by atoms with van der Waals surface area (Å²) >= 11 is 0. The Bertz CT molecular complexity index is 1150. The standard InChI is InChI=1S/C27H31N3O2/c1-28(2)23-8-6-21(7-9-23)25-12-13-26-22-14-20(17-30(26)27(25)31)16-29(18-22)15-19-4-10-24(32-3)11-5-19/h4-13,20,22H,14-18H2,1-3H3/p+1/t20-,22+/m0/s1. The van der Waals surface area contributed by atoms with Crippen LogP contribution in [0.15, 0.2) is 65.5 Å². The Kier molecular flexibility index (Phi) is 5.51. The number of benzene rings is 2. The Balaban J connectivity index is 1.37. The number of quaternary nitrogens is 1. The van der Waals surface area contributed by atoms with Crippen LogP contribution in [0.1, 0.15) is 23.6 Å². The first-order valence-electron chi connectivity index (χ1n) is 11.5. The summed E-state index contributed by atoms with van der Waals surface area (Å²) in [5.74, 6) is 1.91. The lowest BCUT2D eigenvalue weighted by atomic mass is 9.82. The Hall–Kier alpha value is -3.05. The molecule has 1 unspecified atom stereocenters. The highest BCUT2D eigenvalue weighted by Crippen LogP contribution is 2.32. The van der Waals surface area contributed by atoms with E-state index in [0.29, 0.717) is 11.8 Å². The van der Waals surface area contributed by atoms with Gasteiger partial charge in [-0.15, -0.1) is 0 Å². The molecular weight excluding hydrogens is 398 g/mol. The molecule has 5 nitrogen and oxygen atoms in total. The van der Waals surface area contributed by atoms with Gasteiger partial charge >= 0.3 is 0 Å². The number of likely N-dealkylation sites (tertiary alicyclic amines) is 1. The number of aromatic nitrogens is 1. The van der Waals surface area contributed by atoms with Gasteiger partial charge in [0.25, 0.3) is 5.56 Å². The summed E-state index contributed by atoms with van der Waals surface area (Å²) in [6.45, 7) is 4.06. The number of hydrogen-bond donors (Lipinski definition) is 1. The second-order valence-electron chi connectivity index (χ2n) is 9.51. The van der Waals surface area contributed by atoms with Crippen LogP contribution in [0.2, 0.25) is 0 Å². The van der Waals surface area contributed by atoms with Gasteiger partial charge in [-0.1, -0.05) is 12.1 Å². The largest absolute Gasteiger partial charge is 0.497 e. The van der Waals surface area contributed by atoms with Gasteiger partial charge in [0.05, 0.1) is 20.2 Å². The van der Waals surface area contributed by atoms with E-state index >= 15 is 0 Å². The highest BCUT2D eigenvalue weighted by atomic mass is 16.5. The molecule has 0 amide bonds. The minimum atomic E-state index is 0.161. The maximum absolute atomic E-state index is 13.4. The zero-order valence-corrected chi connectivity index (χ0v) is 19.2. The second kappa shape index (κ2) is 8.47. The first-order valence-corrected chi connectivity index (χ1v) is 11.5. The predicted molar refractivity (Wildman–Crippen MR) is 129 cm³/mol. The molecule has 0 spiro atoms. The lowest BCUT2D eigenvalue weighted by molar-refractivity contribution is -0.924. The van der Waals surface area contributed by atoms with Gasteiger partial charge in [0.1, 0.15) is 12.3 Å². The molecule has 3 atom stereocenters. The van der Waals surface area contributed by atoms with Gasteiger partial charge in [-0.2, -0.15) is 0 Å². The molecule has 0 radical (unpaired) electrons. The van der Waals surface area contributed by atoms with Gasteiger partial charge in [-0.25, -0.2) is 0 Å². The molecule has 32 heavy (non-hydrogen) atoms. The van der Waals surface area contributed by atoms with E-state index in [4.69, 9.17) is 4.74 Å². The van der Waals surface area contributed by atoms with Crippen molar-refractivity contribution >= 4 is 5.69 Å². The SMILES string of the molecule is COc1ccc(C[NH+]2C[C@@H]3C[C@H](C2)c2ccc(-c4ccc(N(C)C)cc4)c(=O)n2C3)cc1. The summed E-state index contributed by atoms with van der Waals surface area (Å²) in [5, 5.41) is 0. The number of hydrogen-bond acceptors (Lipinski definition) is 3. The van der Waals surface area contributed by atoms with Crippen molar-refractivity contribution in [3.8, 4) is 16.9 Å². The van der Waals surface area contributed by atoms with E-state index in [0.717, 1.165) is 48.7 Å². The Labute approximate surface area is 189 Å². The van der Waals surface area contributed by atoms with Gasteiger partial charge < -0.3 is 19.1 Å². The van der Waals surface area contributed by atoms with Crippen LogP contribution in [0.3, 0.4) is 0 Å². The van der Waals surface area contributed by atoms with Crippen molar-refractivity contribution in [2.24, 2.45) is 5.92 Å². The molecule has 1 N–H and O–H groups in total. The molecular formula is C27H32N3O2+. The van der Waals surface area contributed by atoms with Gasteiger partial charge in [0.15, 0.2) is 0 Å². The van der Waals surface area contributed by atoms with E-state index < -0.39 is 0 Å². The fraction of sp³-hybridized carbons (Fsp3) is 0.370. The van der Waals surface area contributed by atoms with Gasteiger partial charge in [-0.05, 0) is 60.5 Å². The average molecular weight is 431 g/mol. The minimum absolute atomic E-state index is 0.161. The molecule has 5 rings (SSSR count). The number of pyridine rings is 1. The van der Waals surface area contributed by atoms with Crippen LogP contribution in [0.5, 0.6) is 5.75 Å². The van der Waals surface area contributed by atoms with Crippen LogP contribution in [0, 0.1) is 5.92 Å². The number of nitrogens with one attached hydrogen (secondary N) is 1. The fourth-order valence-electron chi connectivity index (χ4n) is 5.50. The second-order valence-corrected chi connectivity index (χ2v) is 9.51. The summed E-state index contributed by atoms with van der Waals surface area (Å²) in [7, 11) is 5.76. The third-order valence-corrected chi connectivity index (χ3v) is 7.11. The van der Waals surface area contributed by atoms with Crippen LogP contribution >= 0.6 is 0 Å². The van der Waals surface area contributed by atoms with Gasteiger partial charge in [0, 0.05) is 55.0 Å². The third kappa shape index (κ3) is 3.93. The molecule has 1 fully saturated rings. The minimum Gasteiger partial charge on any atom is -0.497 e. The number of ether oxygens (including phenoxy) is 1. The third-order valence-electron chi connectivity index (χ3n) is 7.11. The number of methoxy groups -OCH3 is 1. The average Bonchev–Trinajstić information content (AvgIpc) is 2.80. The number of fused-ring (bicyclic) bond motifs is 4. The molecule has 3 aromatic rings. The predicted octanol–water partition coefficient (Wildman–Crippen LogP) is 2.79. The fourth-order valence-corrected chi connectivity index (χ4v) is 5.50. The maximum Gasteiger partial charge on any atom is 0.258 e. The molecule has 1 saturated heterocycles. The highest BCUT2D eigenvalue weighted by molar-refractivity contribution is 5.65. The highest BCUT2D eigenvalue weighted by Gasteiger charge is 2.37. The molecule has 5 heteroatoms. The van der Waals surface area contributed by atoms with Crippen molar-refractivity contribution in [1.82, 2.24) is 4.57 Å².